The summed E-state index contributed by atoms with van der Waals surface area (Å²) in [7, 11) is 0. The van der Waals surface area contributed by atoms with Crippen LogP contribution in [0.25, 0.3) is 0 Å². The van der Waals surface area contributed by atoms with Gasteiger partial charge in [0.2, 0.25) is 5.91 Å². The second kappa shape index (κ2) is 4.62. The van der Waals surface area contributed by atoms with Crippen molar-refractivity contribution in [2.75, 3.05) is 5.75 Å². The third-order valence-corrected chi connectivity index (χ3v) is 3.16. The molecular formula is C8H9BrN2OS. The maximum absolute atomic E-state index is 10.5. The number of halogens is 1. The van der Waals surface area contributed by atoms with Crippen LogP contribution >= 0.6 is 27.7 Å². The Morgan fingerprint density at radius 2 is 2.46 bits per heavy atom. The Morgan fingerprint density at radius 1 is 1.77 bits per heavy atom. The van der Waals surface area contributed by atoms with Crippen LogP contribution in [0.2, 0.25) is 0 Å². The summed E-state index contributed by atoms with van der Waals surface area (Å²) in [4.78, 5) is 14.6. The van der Waals surface area contributed by atoms with Crippen LogP contribution in [0.3, 0.4) is 0 Å². The first-order chi connectivity index (χ1) is 6.09. The Morgan fingerprint density at radius 3 is 3.00 bits per heavy atom. The zero-order valence-electron chi connectivity index (χ0n) is 7.08. The maximum atomic E-state index is 10.5. The first-order valence-electron chi connectivity index (χ1n) is 3.63. The van der Waals surface area contributed by atoms with E-state index < -0.39 is 0 Å². The minimum Gasteiger partial charge on any atom is -0.369 e. The van der Waals surface area contributed by atoms with Crippen LogP contribution in [0, 0.1) is 6.92 Å². The summed E-state index contributed by atoms with van der Waals surface area (Å²) in [6.07, 6.45) is 1.72. The van der Waals surface area contributed by atoms with E-state index in [1.807, 2.05) is 13.0 Å². The van der Waals surface area contributed by atoms with Crippen molar-refractivity contribution in [2.24, 2.45) is 5.73 Å². The van der Waals surface area contributed by atoms with E-state index in [2.05, 4.69) is 20.9 Å². The summed E-state index contributed by atoms with van der Waals surface area (Å²) < 4.78 is 0.968. The molecule has 0 radical (unpaired) electrons. The highest BCUT2D eigenvalue weighted by molar-refractivity contribution is 9.10. The quantitative estimate of drug-likeness (QED) is 0.843. The van der Waals surface area contributed by atoms with Gasteiger partial charge in [-0.05, 0) is 34.5 Å². The molecule has 0 aliphatic rings. The molecule has 0 aliphatic heterocycles. The predicted octanol–water partition coefficient (Wildman–Crippen LogP) is 1.73. The van der Waals surface area contributed by atoms with E-state index in [4.69, 9.17) is 5.73 Å². The Kier molecular flexibility index (Phi) is 3.74. The van der Waals surface area contributed by atoms with Gasteiger partial charge >= 0.3 is 0 Å². The number of aromatic nitrogens is 1. The average molecular weight is 261 g/mol. The number of nitrogens with zero attached hydrogens (tertiary/aromatic N) is 1. The van der Waals surface area contributed by atoms with Crippen LogP contribution in [0.5, 0.6) is 0 Å². The fourth-order valence-corrected chi connectivity index (χ4v) is 1.63. The minimum atomic E-state index is -0.327. The van der Waals surface area contributed by atoms with Crippen molar-refractivity contribution in [3.8, 4) is 0 Å². The zero-order chi connectivity index (χ0) is 9.84. The normalized spacial score (nSPS) is 10.0. The van der Waals surface area contributed by atoms with Crippen LogP contribution in [0.15, 0.2) is 21.8 Å². The van der Waals surface area contributed by atoms with E-state index in [1.165, 1.54) is 11.8 Å². The van der Waals surface area contributed by atoms with Crippen molar-refractivity contribution in [1.29, 1.82) is 0 Å². The standard InChI is InChI=1S/C8H9BrN2OS/c1-5-2-8(11-3-6(5)9)13-4-7(10)12/h2-3H,4H2,1H3,(H2,10,12). The maximum Gasteiger partial charge on any atom is 0.227 e. The molecule has 0 atom stereocenters. The SMILES string of the molecule is Cc1cc(SCC(N)=O)ncc1Br. The Labute approximate surface area is 89.2 Å². The zero-order valence-corrected chi connectivity index (χ0v) is 9.48. The third kappa shape index (κ3) is 3.36. The Bertz CT molecular complexity index is 330. The van der Waals surface area contributed by atoms with Crippen molar-refractivity contribution in [1.82, 2.24) is 4.98 Å². The molecule has 1 heterocycles. The summed E-state index contributed by atoms with van der Waals surface area (Å²) in [5.41, 5.74) is 6.11. The Balaban J connectivity index is 2.68. The second-order valence-electron chi connectivity index (χ2n) is 2.53. The number of pyridine rings is 1. The molecule has 0 aromatic carbocycles. The van der Waals surface area contributed by atoms with E-state index in [0.717, 1.165) is 15.1 Å². The van der Waals surface area contributed by atoms with Gasteiger partial charge in [0.05, 0.1) is 10.8 Å². The first kappa shape index (κ1) is 10.5. The molecule has 1 rings (SSSR count). The molecular weight excluding hydrogens is 252 g/mol. The van der Waals surface area contributed by atoms with Gasteiger partial charge < -0.3 is 5.73 Å². The van der Waals surface area contributed by atoms with Crippen LogP contribution in [0.4, 0.5) is 0 Å². The molecule has 0 saturated carbocycles. The molecule has 0 spiro atoms. The molecule has 1 aromatic rings. The molecule has 3 nitrogen and oxygen atoms in total. The van der Waals surface area contributed by atoms with Gasteiger partial charge in [-0.15, -0.1) is 0 Å². The molecule has 13 heavy (non-hydrogen) atoms. The topological polar surface area (TPSA) is 56.0 Å². The summed E-state index contributed by atoms with van der Waals surface area (Å²) in [5, 5.41) is 0.819. The molecule has 1 amide bonds. The highest BCUT2D eigenvalue weighted by atomic mass is 79.9. The van der Waals surface area contributed by atoms with Crippen molar-refractivity contribution in [2.45, 2.75) is 11.9 Å². The number of primary amides is 1. The van der Waals surface area contributed by atoms with E-state index in [9.17, 15) is 4.79 Å². The number of carbonyl (C=O) groups excluding carboxylic acids is 1. The van der Waals surface area contributed by atoms with Gasteiger partial charge in [-0.25, -0.2) is 4.98 Å². The number of hydrogen-bond donors (Lipinski definition) is 1. The van der Waals surface area contributed by atoms with Crippen LogP contribution < -0.4 is 5.73 Å². The number of hydrogen-bond acceptors (Lipinski definition) is 3. The molecule has 70 valence electrons. The van der Waals surface area contributed by atoms with Crippen molar-refractivity contribution >= 4 is 33.6 Å². The van der Waals surface area contributed by atoms with Crippen LogP contribution in [-0.2, 0) is 4.79 Å². The van der Waals surface area contributed by atoms with Gasteiger partial charge in [-0.1, -0.05) is 11.8 Å². The van der Waals surface area contributed by atoms with Crippen molar-refractivity contribution in [3.63, 3.8) is 0 Å². The lowest BCUT2D eigenvalue weighted by molar-refractivity contribution is -0.115. The Hall–Kier alpha value is -0.550. The molecule has 0 fully saturated rings. The smallest absolute Gasteiger partial charge is 0.227 e. The number of carbonyl (C=O) groups is 1. The fraction of sp³-hybridized carbons (Fsp3) is 0.250. The summed E-state index contributed by atoms with van der Waals surface area (Å²) in [6, 6.07) is 1.91. The highest BCUT2D eigenvalue weighted by Crippen LogP contribution is 2.20. The molecule has 5 heteroatoms. The van der Waals surface area contributed by atoms with Gasteiger partial charge in [-0.2, -0.15) is 0 Å². The van der Waals surface area contributed by atoms with E-state index in [1.54, 1.807) is 6.20 Å². The lowest BCUT2D eigenvalue weighted by Crippen LogP contribution is -2.13. The van der Waals surface area contributed by atoms with Gasteiger partial charge in [0.25, 0.3) is 0 Å². The minimum absolute atomic E-state index is 0.272. The summed E-state index contributed by atoms with van der Waals surface area (Å²) in [5.74, 6) is -0.0546. The summed E-state index contributed by atoms with van der Waals surface area (Å²) >= 11 is 4.69. The highest BCUT2D eigenvalue weighted by Gasteiger charge is 2.01. The molecule has 0 unspecified atom stereocenters. The molecule has 1 aromatic heterocycles. The van der Waals surface area contributed by atoms with E-state index in [0.29, 0.717) is 0 Å². The number of thioether (sulfide) groups is 1. The molecule has 2 N–H and O–H groups in total. The lowest BCUT2D eigenvalue weighted by Gasteiger charge is -2.00. The van der Waals surface area contributed by atoms with E-state index >= 15 is 0 Å². The number of rotatable bonds is 3. The monoisotopic (exact) mass is 260 g/mol. The largest absolute Gasteiger partial charge is 0.369 e. The number of amides is 1. The van der Waals surface area contributed by atoms with Crippen molar-refractivity contribution < 1.29 is 4.79 Å². The number of nitrogens with two attached hydrogens (primary N) is 1. The summed E-state index contributed by atoms with van der Waals surface area (Å²) in [6.45, 7) is 1.97. The third-order valence-electron chi connectivity index (χ3n) is 1.38. The van der Waals surface area contributed by atoms with Gasteiger partial charge in [-0.3, -0.25) is 4.79 Å². The van der Waals surface area contributed by atoms with E-state index in [-0.39, 0.29) is 11.7 Å². The second-order valence-corrected chi connectivity index (χ2v) is 4.38. The molecule has 0 aliphatic carbocycles. The average Bonchev–Trinajstić information content (AvgIpc) is 2.07. The molecule has 0 bridgehead atoms. The van der Waals surface area contributed by atoms with Gasteiger partial charge in [0.15, 0.2) is 0 Å². The fourth-order valence-electron chi connectivity index (χ4n) is 0.738. The van der Waals surface area contributed by atoms with Gasteiger partial charge in [0.1, 0.15) is 0 Å². The molecule has 0 saturated heterocycles. The van der Waals surface area contributed by atoms with Crippen LogP contribution in [-0.4, -0.2) is 16.6 Å². The predicted molar refractivity (Wildman–Crippen MR) is 56.6 cm³/mol. The first-order valence-corrected chi connectivity index (χ1v) is 5.40. The van der Waals surface area contributed by atoms with Crippen LogP contribution in [0.1, 0.15) is 5.56 Å². The van der Waals surface area contributed by atoms with Crippen molar-refractivity contribution in [3.05, 3.63) is 22.3 Å². The lowest BCUT2D eigenvalue weighted by atomic mass is 10.3. The number of aryl methyl sites for hydroxylation is 1. The van der Waals surface area contributed by atoms with Gasteiger partial charge in [0, 0.05) is 10.7 Å².